The predicted molar refractivity (Wildman–Crippen MR) is 109 cm³/mol. The third-order valence-corrected chi connectivity index (χ3v) is 4.47. The van der Waals surface area contributed by atoms with Crippen LogP contribution >= 0.6 is 23.8 Å². The lowest BCUT2D eigenvalue weighted by atomic mass is 10.1. The third kappa shape index (κ3) is 4.38. The van der Waals surface area contributed by atoms with E-state index in [9.17, 15) is 0 Å². The van der Waals surface area contributed by atoms with Gasteiger partial charge >= 0.3 is 0 Å². The summed E-state index contributed by atoms with van der Waals surface area (Å²) < 4.78 is 1.79. The van der Waals surface area contributed by atoms with E-state index in [2.05, 4.69) is 47.8 Å². The van der Waals surface area contributed by atoms with Crippen LogP contribution in [-0.2, 0) is 6.54 Å². The maximum atomic E-state index is 6.28. The number of halogens is 1. The van der Waals surface area contributed by atoms with E-state index in [1.165, 1.54) is 5.56 Å². The molecule has 0 saturated carbocycles. The van der Waals surface area contributed by atoms with Gasteiger partial charge in [0.2, 0.25) is 0 Å². The van der Waals surface area contributed by atoms with Crippen LogP contribution in [0.5, 0.6) is 0 Å². The molecule has 4 nitrogen and oxygen atoms in total. The quantitative estimate of drug-likeness (QED) is 0.633. The van der Waals surface area contributed by atoms with E-state index in [1.54, 1.807) is 10.9 Å². The minimum absolute atomic E-state index is 0.459. The highest BCUT2D eigenvalue weighted by Crippen LogP contribution is 2.22. The highest BCUT2D eigenvalue weighted by molar-refractivity contribution is 7.80. The molecule has 0 aliphatic rings. The molecular weight excluding hydrogens is 352 g/mol. The van der Waals surface area contributed by atoms with E-state index >= 15 is 0 Å². The molecule has 1 heterocycles. The Bertz CT molecular complexity index is 890. The molecule has 2 N–H and O–H groups in total. The van der Waals surface area contributed by atoms with Gasteiger partial charge in [-0.05, 0) is 48.8 Å². The summed E-state index contributed by atoms with van der Waals surface area (Å²) in [5, 5.41) is 11.7. The van der Waals surface area contributed by atoms with Gasteiger partial charge in [-0.25, -0.2) is 0 Å². The summed E-state index contributed by atoms with van der Waals surface area (Å²) in [5.74, 6) is 0.542. The summed E-state index contributed by atoms with van der Waals surface area (Å²) in [6.45, 7) is 4.78. The highest BCUT2D eigenvalue weighted by atomic mass is 35.5. The van der Waals surface area contributed by atoms with Crippen LogP contribution in [-0.4, -0.2) is 14.9 Å². The fraction of sp³-hybridized carbons (Fsp3) is 0.158. The van der Waals surface area contributed by atoms with Crippen molar-refractivity contribution in [1.29, 1.82) is 0 Å². The summed E-state index contributed by atoms with van der Waals surface area (Å²) in [6, 6.07) is 16.2. The molecule has 2 aromatic carbocycles. The minimum atomic E-state index is 0.459. The maximum Gasteiger partial charge on any atom is 0.176 e. The van der Waals surface area contributed by atoms with Gasteiger partial charge in [0.25, 0.3) is 0 Å². The van der Waals surface area contributed by atoms with Gasteiger partial charge in [0.05, 0.1) is 6.54 Å². The Hall–Kier alpha value is -2.37. The van der Waals surface area contributed by atoms with Crippen LogP contribution in [0, 0.1) is 13.8 Å². The van der Waals surface area contributed by atoms with Gasteiger partial charge in [0.1, 0.15) is 5.02 Å². The molecule has 0 atom stereocenters. The van der Waals surface area contributed by atoms with Crippen molar-refractivity contribution in [3.63, 3.8) is 0 Å². The molecule has 0 saturated heterocycles. The number of rotatable bonds is 4. The van der Waals surface area contributed by atoms with Crippen molar-refractivity contribution in [3.8, 4) is 0 Å². The fourth-order valence-corrected chi connectivity index (χ4v) is 2.89. The van der Waals surface area contributed by atoms with E-state index in [4.69, 9.17) is 23.8 Å². The van der Waals surface area contributed by atoms with Crippen LogP contribution in [0.2, 0.25) is 5.02 Å². The standard InChI is InChI=1S/C19H19ClN4S/c1-13-7-6-10-17(14(13)2)21-19(25)22-18-16(20)12-24(23-18)11-15-8-4-3-5-9-15/h3-10,12H,11H2,1-2H3,(H2,21,22,23,25). The molecule has 0 aliphatic heterocycles. The number of nitrogens with zero attached hydrogens (tertiary/aromatic N) is 2. The van der Waals surface area contributed by atoms with Crippen LogP contribution in [0.1, 0.15) is 16.7 Å². The monoisotopic (exact) mass is 370 g/mol. The predicted octanol–water partition coefficient (Wildman–Crippen LogP) is 5.01. The minimum Gasteiger partial charge on any atom is -0.332 e. The van der Waals surface area contributed by atoms with E-state index in [-0.39, 0.29) is 0 Å². The number of hydrogen-bond acceptors (Lipinski definition) is 2. The lowest BCUT2D eigenvalue weighted by Gasteiger charge is -2.12. The molecule has 0 amide bonds. The second-order valence-corrected chi connectivity index (χ2v) is 6.65. The number of aryl methyl sites for hydroxylation is 1. The zero-order chi connectivity index (χ0) is 17.8. The van der Waals surface area contributed by atoms with Crippen LogP contribution in [0.15, 0.2) is 54.7 Å². The van der Waals surface area contributed by atoms with Crippen molar-refractivity contribution in [2.75, 3.05) is 10.6 Å². The third-order valence-electron chi connectivity index (χ3n) is 3.99. The molecule has 0 bridgehead atoms. The Kier molecular flexibility index (Phi) is 5.36. The summed E-state index contributed by atoms with van der Waals surface area (Å²) in [5.41, 5.74) is 4.49. The zero-order valence-corrected chi connectivity index (χ0v) is 15.7. The Balaban J connectivity index is 1.68. The molecule has 0 aliphatic carbocycles. The van der Waals surface area contributed by atoms with Crippen molar-refractivity contribution in [3.05, 3.63) is 76.4 Å². The molecule has 25 heavy (non-hydrogen) atoms. The topological polar surface area (TPSA) is 41.9 Å². The molecule has 3 aromatic rings. The molecule has 1 aromatic heterocycles. The van der Waals surface area contributed by atoms with Crippen molar-refractivity contribution >= 4 is 40.4 Å². The van der Waals surface area contributed by atoms with Crippen molar-refractivity contribution in [2.45, 2.75) is 20.4 Å². The largest absolute Gasteiger partial charge is 0.332 e. The average molecular weight is 371 g/mol. The molecule has 0 fully saturated rings. The van der Waals surface area contributed by atoms with Crippen LogP contribution in [0.3, 0.4) is 0 Å². The average Bonchev–Trinajstić information content (AvgIpc) is 2.92. The number of aromatic nitrogens is 2. The van der Waals surface area contributed by atoms with Crippen LogP contribution in [0.25, 0.3) is 0 Å². The molecule has 3 rings (SSSR count). The highest BCUT2D eigenvalue weighted by Gasteiger charge is 2.10. The summed E-state index contributed by atoms with van der Waals surface area (Å²) in [6.07, 6.45) is 1.79. The summed E-state index contributed by atoms with van der Waals surface area (Å²) in [7, 11) is 0. The van der Waals surface area contributed by atoms with E-state index in [0.29, 0.717) is 22.5 Å². The lowest BCUT2D eigenvalue weighted by Crippen LogP contribution is -2.20. The van der Waals surface area contributed by atoms with E-state index in [1.807, 2.05) is 30.3 Å². The van der Waals surface area contributed by atoms with E-state index < -0.39 is 0 Å². The lowest BCUT2D eigenvalue weighted by molar-refractivity contribution is 0.690. The second kappa shape index (κ2) is 7.68. The summed E-state index contributed by atoms with van der Waals surface area (Å²) >= 11 is 11.7. The SMILES string of the molecule is Cc1cccc(NC(=S)Nc2nn(Cc3ccccc3)cc2Cl)c1C. The first-order valence-electron chi connectivity index (χ1n) is 7.94. The van der Waals surface area contributed by atoms with Gasteiger partial charge in [-0.2, -0.15) is 5.10 Å². The Morgan fingerprint density at radius 3 is 2.60 bits per heavy atom. The Labute approximate surface area is 157 Å². The van der Waals surface area contributed by atoms with Gasteiger partial charge in [0, 0.05) is 11.9 Å². The van der Waals surface area contributed by atoms with Gasteiger partial charge in [-0.3, -0.25) is 4.68 Å². The maximum absolute atomic E-state index is 6.28. The number of anilines is 2. The first-order valence-corrected chi connectivity index (χ1v) is 8.72. The van der Waals surface area contributed by atoms with Gasteiger partial charge < -0.3 is 10.6 Å². The molecular formula is C19H19ClN4S. The van der Waals surface area contributed by atoms with Crippen LogP contribution < -0.4 is 10.6 Å². The Morgan fingerprint density at radius 1 is 1.08 bits per heavy atom. The van der Waals surface area contributed by atoms with Crippen molar-refractivity contribution in [1.82, 2.24) is 9.78 Å². The van der Waals surface area contributed by atoms with E-state index in [0.717, 1.165) is 16.8 Å². The number of thiocarbonyl (C=S) groups is 1. The second-order valence-electron chi connectivity index (χ2n) is 5.84. The zero-order valence-electron chi connectivity index (χ0n) is 14.1. The van der Waals surface area contributed by atoms with Gasteiger partial charge in [-0.15, -0.1) is 0 Å². The normalized spacial score (nSPS) is 10.5. The van der Waals surface area contributed by atoms with Crippen molar-refractivity contribution in [2.24, 2.45) is 0 Å². The van der Waals surface area contributed by atoms with Gasteiger partial charge in [-0.1, -0.05) is 54.1 Å². The number of nitrogens with one attached hydrogen (secondary N) is 2. The van der Waals surface area contributed by atoms with Crippen LogP contribution in [0.4, 0.5) is 11.5 Å². The van der Waals surface area contributed by atoms with Crippen molar-refractivity contribution < 1.29 is 0 Å². The molecule has 6 heteroatoms. The smallest absolute Gasteiger partial charge is 0.176 e. The molecule has 0 unspecified atom stereocenters. The number of benzene rings is 2. The summed E-state index contributed by atoms with van der Waals surface area (Å²) in [4.78, 5) is 0. The fourth-order valence-electron chi connectivity index (χ4n) is 2.48. The Morgan fingerprint density at radius 2 is 1.84 bits per heavy atom. The first-order chi connectivity index (χ1) is 12.0. The number of hydrogen-bond donors (Lipinski definition) is 2. The molecule has 128 valence electrons. The molecule has 0 spiro atoms. The molecule has 0 radical (unpaired) electrons. The first kappa shape index (κ1) is 17.5. The van der Waals surface area contributed by atoms with Gasteiger partial charge in [0.15, 0.2) is 10.9 Å².